The minimum atomic E-state index is -0.635. The van der Waals surface area contributed by atoms with Gasteiger partial charge in [-0.2, -0.15) is 0 Å². The third kappa shape index (κ3) is 2.07. The summed E-state index contributed by atoms with van der Waals surface area (Å²) in [5, 5.41) is 10.6. The Morgan fingerprint density at radius 2 is 1.67 bits per heavy atom. The zero-order valence-corrected chi connectivity index (χ0v) is 9.66. The van der Waals surface area contributed by atoms with Gasteiger partial charge >= 0.3 is 0 Å². The van der Waals surface area contributed by atoms with Crippen LogP contribution in [0.3, 0.4) is 0 Å². The van der Waals surface area contributed by atoms with Gasteiger partial charge in [0.2, 0.25) is 0 Å². The Hall–Kier alpha value is -0.820. The van der Waals surface area contributed by atoms with Crippen molar-refractivity contribution in [1.82, 2.24) is 0 Å². The molecule has 0 saturated heterocycles. The second kappa shape index (κ2) is 3.97. The quantitative estimate of drug-likeness (QED) is 0.783. The molecule has 1 aromatic rings. The first-order chi connectivity index (χ1) is 7.10. The van der Waals surface area contributed by atoms with Crippen LogP contribution in [-0.4, -0.2) is 5.11 Å². The summed E-state index contributed by atoms with van der Waals surface area (Å²) in [6.45, 7) is 4.04. The SMILES string of the molecule is Cc1ccc([C@@](C)(O)C2CCCC2)cc1. The standard InChI is InChI=1S/C14H20O/c1-11-7-9-13(10-8-11)14(2,15)12-5-3-4-6-12/h7-10,12,15H,3-6H2,1-2H3/t14-/m0/s1. The van der Waals surface area contributed by atoms with E-state index in [-0.39, 0.29) is 0 Å². The zero-order valence-electron chi connectivity index (χ0n) is 9.66. The van der Waals surface area contributed by atoms with Gasteiger partial charge in [-0.15, -0.1) is 0 Å². The monoisotopic (exact) mass is 204 g/mol. The van der Waals surface area contributed by atoms with Crippen LogP contribution in [0.1, 0.15) is 43.7 Å². The molecule has 1 fully saturated rings. The van der Waals surface area contributed by atoms with Crippen LogP contribution in [0.5, 0.6) is 0 Å². The van der Waals surface area contributed by atoms with Crippen molar-refractivity contribution in [2.75, 3.05) is 0 Å². The summed E-state index contributed by atoms with van der Waals surface area (Å²) in [7, 11) is 0. The highest BCUT2D eigenvalue weighted by Gasteiger charge is 2.35. The molecule has 0 unspecified atom stereocenters. The van der Waals surface area contributed by atoms with Crippen molar-refractivity contribution in [2.45, 2.75) is 45.1 Å². The van der Waals surface area contributed by atoms with Crippen molar-refractivity contribution in [3.8, 4) is 0 Å². The smallest absolute Gasteiger partial charge is 0.0896 e. The van der Waals surface area contributed by atoms with E-state index in [0.717, 1.165) is 5.56 Å². The minimum absolute atomic E-state index is 0.445. The Kier molecular flexibility index (Phi) is 2.83. The van der Waals surface area contributed by atoms with Crippen LogP contribution in [0.2, 0.25) is 0 Å². The summed E-state index contributed by atoms with van der Waals surface area (Å²) in [5.74, 6) is 0.445. The molecule has 0 aliphatic heterocycles. The molecule has 0 bridgehead atoms. The lowest BCUT2D eigenvalue weighted by molar-refractivity contribution is -0.00332. The molecule has 1 saturated carbocycles. The molecule has 1 aliphatic carbocycles. The van der Waals surface area contributed by atoms with Crippen molar-refractivity contribution >= 4 is 0 Å². The normalized spacial score (nSPS) is 21.5. The van der Waals surface area contributed by atoms with E-state index in [1.165, 1.54) is 31.2 Å². The predicted octanol–water partition coefficient (Wildman–Crippen LogP) is 3.39. The van der Waals surface area contributed by atoms with Crippen molar-refractivity contribution in [1.29, 1.82) is 0 Å². The zero-order chi connectivity index (χ0) is 10.9. The van der Waals surface area contributed by atoms with Gasteiger partial charge in [0.1, 0.15) is 0 Å². The van der Waals surface area contributed by atoms with Crippen molar-refractivity contribution < 1.29 is 5.11 Å². The van der Waals surface area contributed by atoms with Gasteiger partial charge in [-0.25, -0.2) is 0 Å². The lowest BCUT2D eigenvalue weighted by Crippen LogP contribution is -2.29. The number of hydrogen-bond acceptors (Lipinski definition) is 1. The largest absolute Gasteiger partial charge is 0.385 e. The highest BCUT2D eigenvalue weighted by molar-refractivity contribution is 5.26. The van der Waals surface area contributed by atoms with Crippen molar-refractivity contribution in [3.05, 3.63) is 35.4 Å². The summed E-state index contributed by atoms with van der Waals surface area (Å²) < 4.78 is 0. The van der Waals surface area contributed by atoms with E-state index in [9.17, 15) is 5.11 Å². The van der Waals surface area contributed by atoms with Crippen molar-refractivity contribution in [3.63, 3.8) is 0 Å². The van der Waals surface area contributed by atoms with E-state index < -0.39 is 5.60 Å². The molecule has 1 atom stereocenters. The summed E-state index contributed by atoms with van der Waals surface area (Å²) in [5.41, 5.74) is 1.69. The molecule has 0 spiro atoms. The van der Waals surface area contributed by atoms with Crippen LogP contribution in [0, 0.1) is 12.8 Å². The second-order valence-corrected chi connectivity index (χ2v) is 4.99. The lowest BCUT2D eigenvalue weighted by Gasteiger charge is -2.30. The summed E-state index contributed by atoms with van der Waals surface area (Å²) in [6, 6.07) is 8.29. The molecule has 0 amide bonds. The summed E-state index contributed by atoms with van der Waals surface area (Å²) in [4.78, 5) is 0. The van der Waals surface area contributed by atoms with Gasteiger partial charge in [-0.1, -0.05) is 42.7 Å². The molecule has 1 aliphatic rings. The van der Waals surface area contributed by atoms with E-state index in [4.69, 9.17) is 0 Å². The van der Waals surface area contributed by atoms with E-state index in [2.05, 4.69) is 31.2 Å². The average Bonchev–Trinajstić information content (AvgIpc) is 2.71. The molecule has 0 radical (unpaired) electrons. The third-order valence-electron chi connectivity index (χ3n) is 3.79. The Balaban J connectivity index is 2.23. The molecule has 1 heteroatoms. The van der Waals surface area contributed by atoms with Crippen LogP contribution < -0.4 is 0 Å². The van der Waals surface area contributed by atoms with Gasteiger partial charge in [0, 0.05) is 0 Å². The highest BCUT2D eigenvalue weighted by atomic mass is 16.3. The molecule has 1 N–H and O–H groups in total. The number of benzene rings is 1. The molecule has 1 nitrogen and oxygen atoms in total. The van der Waals surface area contributed by atoms with Crippen molar-refractivity contribution in [2.24, 2.45) is 5.92 Å². The van der Waals surface area contributed by atoms with E-state index in [0.29, 0.717) is 5.92 Å². The number of aryl methyl sites for hydroxylation is 1. The van der Waals surface area contributed by atoms with Gasteiger partial charge in [0.05, 0.1) is 5.60 Å². The maximum Gasteiger partial charge on any atom is 0.0896 e. The maximum atomic E-state index is 10.6. The molecule has 1 aromatic carbocycles. The second-order valence-electron chi connectivity index (χ2n) is 4.99. The highest BCUT2D eigenvalue weighted by Crippen LogP contribution is 2.40. The number of aliphatic hydroxyl groups is 1. The van der Waals surface area contributed by atoms with Gasteiger partial charge < -0.3 is 5.11 Å². The van der Waals surface area contributed by atoms with Crippen LogP contribution >= 0.6 is 0 Å². The Bertz CT molecular complexity index is 318. The van der Waals surface area contributed by atoms with Gasteiger partial charge in [0.25, 0.3) is 0 Å². The van der Waals surface area contributed by atoms with Crippen LogP contribution in [0.25, 0.3) is 0 Å². The average molecular weight is 204 g/mol. The fourth-order valence-corrected chi connectivity index (χ4v) is 2.61. The Morgan fingerprint density at radius 3 is 2.20 bits per heavy atom. The van der Waals surface area contributed by atoms with Gasteiger partial charge in [-0.05, 0) is 38.2 Å². The first kappa shape index (κ1) is 10.7. The summed E-state index contributed by atoms with van der Waals surface area (Å²) in [6.07, 6.45) is 4.88. The van der Waals surface area contributed by atoms with Gasteiger partial charge in [-0.3, -0.25) is 0 Å². The molecule has 15 heavy (non-hydrogen) atoms. The van der Waals surface area contributed by atoms with E-state index >= 15 is 0 Å². The molecule has 0 heterocycles. The number of rotatable bonds is 2. The molecule has 82 valence electrons. The first-order valence-electron chi connectivity index (χ1n) is 5.90. The predicted molar refractivity (Wildman–Crippen MR) is 62.7 cm³/mol. The van der Waals surface area contributed by atoms with Crippen LogP contribution in [-0.2, 0) is 5.60 Å². The topological polar surface area (TPSA) is 20.2 Å². The third-order valence-corrected chi connectivity index (χ3v) is 3.79. The van der Waals surface area contributed by atoms with Crippen LogP contribution in [0.4, 0.5) is 0 Å². The van der Waals surface area contributed by atoms with Crippen LogP contribution in [0.15, 0.2) is 24.3 Å². The Morgan fingerprint density at radius 1 is 1.13 bits per heavy atom. The fraction of sp³-hybridized carbons (Fsp3) is 0.571. The molecular formula is C14H20O. The number of hydrogen-bond donors (Lipinski definition) is 1. The van der Waals surface area contributed by atoms with E-state index in [1.54, 1.807) is 0 Å². The lowest BCUT2D eigenvalue weighted by atomic mass is 9.81. The maximum absolute atomic E-state index is 10.6. The first-order valence-corrected chi connectivity index (χ1v) is 5.90. The minimum Gasteiger partial charge on any atom is -0.385 e. The molecule has 0 aromatic heterocycles. The Labute approximate surface area is 92.1 Å². The van der Waals surface area contributed by atoms with Gasteiger partial charge in [0.15, 0.2) is 0 Å². The summed E-state index contributed by atoms with van der Waals surface area (Å²) >= 11 is 0. The molecule has 2 rings (SSSR count). The van der Waals surface area contributed by atoms with E-state index in [1.807, 2.05) is 6.92 Å². The molecular weight excluding hydrogens is 184 g/mol. The fourth-order valence-electron chi connectivity index (χ4n) is 2.61.